The number of ether oxygens (including phenoxy) is 1. The highest BCUT2D eigenvalue weighted by Gasteiger charge is 2.04. The van der Waals surface area contributed by atoms with E-state index < -0.39 is 0 Å². The number of rotatable bonds is 11. The molecule has 4 N–H and O–H groups in total. The number of carbonyl (C=O) groups excluding carboxylic acids is 2. The average molecular weight is 370 g/mol. The minimum Gasteiger partial charge on any atom is -0.399 e. The first-order valence-electron chi connectivity index (χ1n) is 9.02. The fraction of sp³-hybridized carbons (Fsp3) is 0.350. The van der Waals surface area contributed by atoms with Gasteiger partial charge in [-0.3, -0.25) is 14.6 Å². The van der Waals surface area contributed by atoms with Crippen molar-refractivity contribution in [2.75, 3.05) is 24.2 Å². The third-order valence-corrected chi connectivity index (χ3v) is 3.83. The monoisotopic (exact) mass is 370 g/mol. The van der Waals surface area contributed by atoms with Gasteiger partial charge in [-0.2, -0.15) is 0 Å². The van der Waals surface area contributed by atoms with Crippen LogP contribution in [0.5, 0.6) is 0 Å². The van der Waals surface area contributed by atoms with Gasteiger partial charge in [0.25, 0.3) is 0 Å². The van der Waals surface area contributed by atoms with Gasteiger partial charge in [-0.25, -0.2) is 0 Å². The van der Waals surface area contributed by atoms with Gasteiger partial charge in [0.1, 0.15) is 6.61 Å². The predicted molar refractivity (Wildman–Crippen MR) is 105 cm³/mol. The van der Waals surface area contributed by atoms with Gasteiger partial charge < -0.3 is 21.1 Å². The van der Waals surface area contributed by atoms with E-state index in [4.69, 9.17) is 10.5 Å². The molecule has 0 saturated heterocycles. The summed E-state index contributed by atoms with van der Waals surface area (Å²) >= 11 is 0. The van der Waals surface area contributed by atoms with Crippen molar-refractivity contribution in [1.82, 2.24) is 10.3 Å². The molecule has 0 radical (unpaired) electrons. The molecule has 7 nitrogen and oxygen atoms in total. The van der Waals surface area contributed by atoms with E-state index in [0.717, 1.165) is 24.8 Å². The Morgan fingerprint density at radius 1 is 1.04 bits per heavy atom. The van der Waals surface area contributed by atoms with Crippen molar-refractivity contribution in [3.8, 4) is 0 Å². The SMILES string of the molecule is Nc1ccc(COCC(=O)NCCCCCC(=O)Nc2cccnc2)cc1. The number of nitrogen functional groups attached to an aromatic ring is 1. The highest BCUT2D eigenvalue weighted by Crippen LogP contribution is 2.07. The Bertz CT molecular complexity index is 705. The summed E-state index contributed by atoms with van der Waals surface area (Å²) in [5.74, 6) is -0.164. The lowest BCUT2D eigenvalue weighted by atomic mass is 10.2. The molecule has 0 spiro atoms. The standard InChI is InChI=1S/C20H26N4O3/c21-17-9-7-16(8-10-17)14-27-15-20(26)23-12-3-1-2-6-19(25)24-18-5-4-11-22-13-18/h4-5,7-11,13H,1-3,6,12,14-15,21H2,(H,23,26)(H,24,25). The van der Waals surface area contributed by atoms with Gasteiger partial charge in [0.15, 0.2) is 0 Å². The van der Waals surface area contributed by atoms with Crippen LogP contribution in [0.3, 0.4) is 0 Å². The number of nitrogens with zero attached hydrogens (tertiary/aromatic N) is 1. The van der Waals surface area contributed by atoms with Crippen LogP contribution in [0.25, 0.3) is 0 Å². The molecule has 0 bridgehead atoms. The molecule has 0 saturated carbocycles. The maximum Gasteiger partial charge on any atom is 0.246 e. The number of hydrogen-bond acceptors (Lipinski definition) is 5. The number of anilines is 2. The normalized spacial score (nSPS) is 10.4. The zero-order valence-electron chi connectivity index (χ0n) is 15.3. The van der Waals surface area contributed by atoms with Crippen LogP contribution in [-0.4, -0.2) is 29.9 Å². The molecule has 0 fully saturated rings. The molecule has 27 heavy (non-hydrogen) atoms. The van der Waals surface area contributed by atoms with Gasteiger partial charge in [-0.05, 0) is 42.7 Å². The van der Waals surface area contributed by atoms with Gasteiger partial charge in [-0.1, -0.05) is 18.6 Å². The number of amides is 2. The molecule has 0 aliphatic rings. The molecule has 2 rings (SSSR count). The number of nitrogens with two attached hydrogens (primary N) is 1. The summed E-state index contributed by atoms with van der Waals surface area (Å²) in [4.78, 5) is 27.4. The second-order valence-corrected chi connectivity index (χ2v) is 6.18. The Morgan fingerprint density at radius 2 is 1.85 bits per heavy atom. The van der Waals surface area contributed by atoms with Gasteiger partial charge in [0, 0.05) is 24.8 Å². The van der Waals surface area contributed by atoms with E-state index in [9.17, 15) is 9.59 Å². The summed E-state index contributed by atoms with van der Waals surface area (Å²) < 4.78 is 5.38. The third kappa shape index (κ3) is 8.82. The van der Waals surface area contributed by atoms with Gasteiger partial charge in [0.05, 0.1) is 18.5 Å². The minimum absolute atomic E-state index is 0.0249. The number of unbranched alkanes of at least 4 members (excludes halogenated alkanes) is 2. The fourth-order valence-electron chi connectivity index (χ4n) is 2.40. The summed E-state index contributed by atoms with van der Waals surface area (Å²) in [6.45, 7) is 0.978. The van der Waals surface area contributed by atoms with Crippen molar-refractivity contribution in [2.24, 2.45) is 0 Å². The van der Waals surface area contributed by atoms with E-state index in [0.29, 0.717) is 30.9 Å². The number of aromatic nitrogens is 1. The van der Waals surface area contributed by atoms with E-state index >= 15 is 0 Å². The number of pyridine rings is 1. The molecule has 0 aliphatic carbocycles. The summed E-state index contributed by atoms with van der Waals surface area (Å²) in [5, 5.41) is 5.61. The first-order chi connectivity index (χ1) is 13.1. The summed E-state index contributed by atoms with van der Waals surface area (Å²) in [5.41, 5.74) is 7.99. The van der Waals surface area contributed by atoms with Crippen LogP contribution < -0.4 is 16.4 Å². The Labute approximate surface area is 159 Å². The van der Waals surface area contributed by atoms with Gasteiger partial charge >= 0.3 is 0 Å². The van der Waals surface area contributed by atoms with Crippen molar-refractivity contribution in [1.29, 1.82) is 0 Å². The quantitative estimate of drug-likeness (QED) is 0.416. The molecular formula is C20H26N4O3. The van der Waals surface area contributed by atoms with Crippen LogP contribution in [-0.2, 0) is 20.9 Å². The molecule has 0 atom stereocenters. The Balaban J connectivity index is 1.45. The zero-order chi connectivity index (χ0) is 19.3. The van der Waals surface area contributed by atoms with Crippen molar-refractivity contribution in [3.63, 3.8) is 0 Å². The number of hydrogen-bond donors (Lipinski definition) is 3. The summed E-state index contributed by atoms with van der Waals surface area (Å²) in [6, 6.07) is 10.9. The lowest BCUT2D eigenvalue weighted by Crippen LogP contribution is -2.28. The molecule has 1 aromatic carbocycles. The molecule has 2 aromatic rings. The molecule has 0 unspecified atom stereocenters. The van der Waals surface area contributed by atoms with Crippen LogP contribution in [0.2, 0.25) is 0 Å². The Morgan fingerprint density at radius 3 is 2.59 bits per heavy atom. The van der Waals surface area contributed by atoms with Crippen LogP contribution in [0.15, 0.2) is 48.8 Å². The molecule has 7 heteroatoms. The van der Waals surface area contributed by atoms with Crippen molar-refractivity contribution >= 4 is 23.2 Å². The van der Waals surface area contributed by atoms with Crippen LogP contribution in [0.4, 0.5) is 11.4 Å². The van der Waals surface area contributed by atoms with Crippen LogP contribution in [0, 0.1) is 0 Å². The lowest BCUT2D eigenvalue weighted by Gasteiger charge is -2.07. The molecular weight excluding hydrogens is 344 g/mol. The lowest BCUT2D eigenvalue weighted by molar-refractivity contribution is -0.126. The van der Waals surface area contributed by atoms with E-state index in [1.165, 1.54) is 0 Å². The average Bonchev–Trinajstić information content (AvgIpc) is 2.67. The van der Waals surface area contributed by atoms with Crippen molar-refractivity contribution in [3.05, 3.63) is 54.4 Å². The zero-order valence-corrected chi connectivity index (χ0v) is 15.3. The largest absolute Gasteiger partial charge is 0.399 e. The maximum absolute atomic E-state index is 11.8. The highest BCUT2D eigenvalue weighted by molar-refractivity contribution is 5.90. The summed E-state index contributed by atoms with van der Waals surface area (Å²) in [7, 11) is 0. The second kappa shape index (κ2) is 11.6. The van der Waals surface area contributed by atoms with Crippen LogP contribution in [0.1, 0.15) is 31.2 Å². The number of carbonyl (C=O) groups is 2. The fourth-order valence-corrected chi connectivity index (χ4v) is 2.40. The van der Waals surface area contributed by atoms with Crippen LogP contribution >= 0.6 is 0 Å². The maximum atomic E-state index is 11.8. The predicted octanol–water partition coefficient (Wildman–Crippen LogP) is 2.50. The number of nitrogens with one attached hydrogen (secondary N) is 2. The second-order valence-electron chi connectivity index (χ2n) is 6.18. The first-order valence-corrected chi connectivity index (χ1v) is 9.02. The molecule has 1 heterocycles. The number of benzene rings is 1. The molecule has 1 aromatic heterocycles. The smallest absolute Gasteiger partial charge is 0.246 e. The van der Waals surface area contributed by atoms with Gasteiger partial charge in [0.2, 0.25) is 11.8 Å². The molecule has 144 valence electrons. The Kier molecular flexibility index (Phi) is 8.79. The van der Waals surface area contributed by atoms with E-state index in [-0.39, 0.29) is 18.4 Å². The minimum atomic E-state index is -0.139. The van der Waals surface area contributed by atoms with E-state index in [1.807, 2.05) is 12.1 Å². The topological polar surface area (TPSA) is 106 Å². The third-order valence-electron chi connectivity index (χ3n) is 3.83. The highest BCUT2D eigenvalue weighted by atomic mass is 16.5. The van der Waals surface area contributed by atoms with Crippen molar-refractivity contribution < 1.29 is 14.3 Å². The molecule has 0 aliphatic heterocycles. The Hall–Kier alpha value is -2.93. The van der Waals surface area contributed by atoms with E-state index in [1.54, 1.807) is 36.7 Å². The summed E-state index contributed by atoms with van der Waals surface area (Å²) in [6.07, 6.45) is 6.19. The first kappa shape index (κ1) is 20.4. The van der Waals surface area contributed by atoms with Crippen molar-refractivity contribution in [2.45, 2.75) is 32.3 Å². The molecule has 2 amide bonds. The van der Waals surface area contributed by atoms with E-state index in [2.05, 4.69) is 15.6 Å². The van der Waals surface area contributed by atoms with Gasteiger partial charge in [-0.15, -0.1) is 0 Å².